The molecule has 2 heterocycles. The first-order valence-corrected chi connectivity index (χ1v) is 7.56. The van der Waals surface area contributed by atoms with E-state index in [-0.39, 0.29) is 23.8 Å². The molecule has 9 heteroatoms. The smallest absolute Gasteiger partial charge is 0.312 e. The fourth-order valence-corrected chi connectivity index (χ4v) is 3.28. The maximum absolute atomic E-state index is 12.2. The van der Waals surface area contributed by atoms with Gasteiger partial charge in [0.15, 0.2) is 0 Å². The van der Waals surface area contributed by atoms with Crippen LogP contribution in [0.15, 0.2) is 0 Å². The van der Waals surface area contributed by atoms with Crippen LogP contribution in [0.3, 0.4) is 0 Å². The number of aromatic nitrogens is 2. The summed E-state index contributed by atoms with van der Waals surface area (Å²) in [6, 6.07) is 2.08. The minimum atomic E-state index is -0.508. The van der Waals surface area contributed by atoms with Crippen molar-refractivity contribution in [2.45, 2.75) is 34.2 Å². The van der Waals surface area contributed by atoms with E-state index in [1.807, 2.05) is 13.8 Å². The molecule has 0 aliphatic carbocycles. The molecule has 0 fully saturated rings. The van der Waals surface area contributed by atoms with E-state index in [4.69, 9.17) is 0 Å². The molecule has 0 aliphatic rings. The lowest BCUT2D eigenvalue weighted by atomic mass is 10.2. The number of nitro groups is 1. The van der Waals surface area contributed by atoms with Gasteiger partial charge in [0.1, 0.15) is 29.0 Å². The van der Waals surface area contributed by atoms with E-state index in [2.05, 4.69) is 16.5 Å². The Hall–Kier alpha value is -2.73. The van der Waals surface area contributed by atoms with Gasteiger partial charge in [0, 0.05) is 4.88 Å². The molecular weight excluding hydrogens is 318 g/mol. The molecule has 0 bridgehead atoms. The van der Waals surface area contributed by atoms with Crippen LogP contribution in [0.4, 0.5) is 10.7 Å². The number of anilines is 1. The SMILES string of the molecule is Cc1nn(CC(=O)Nc2sc(C)c(C)c2C#N)c(C)c1[N+](=O)[O-]. The third kappa shape index (κ3) is 3.07. The van der Waals surface area contributed by atoms with Crippen LogP contribution in [0.5, 0.6) is 0 Å². The number of nitrogens with zero attached hydrogens (tertiary/aromatic N) is 4. The van der Waals surface area contributed by atoms with Crippen LogP contribution < -0.4 is 5.32 Å². The van der Waals surface area contributed by atoms with E-state index in [1.165, 1.54) is 22.9 Å². The minimum absolute atomic E-state index is 0.0849. The highest BCUT2D eigenvalue weighted by Crippen LogP contribution is 2.31. The molecule has 0 aliphatic heterocycles. The Kier molecular flexibility index (Phi) is 4.47. The minimum Gasteiger partial charge on any atom is -0.315 e. The third-order valence-corrected chi connectivity index (χ3v) is 4.69. The van der Waals surface area contributed by atoms with Crippen LogP contribution in [-0.2, 0) is 11.3 Å². The molecule has 0 radical (unpaired) electrons. The average molecular weight is 333 g/mol. The standard InChI is InChI=1S/C14H15N5O3S/c1-7-10(4)23-14(11(7)5-15)16-12(20)6-18-9(3)13(19(21)22)8(2)17-18/h6H2,1-4H3,(H,16,20). The van der Waals surface area contributed by atoms with Gasteiger partial charge in [0.05, 0.1) is 10.5 Å². The number of carbonyl (C=O) groups is 1. The van der Waals surface area contributed by atoms with E-state index in [0.29, 0.717) is 16.3 Å². The Morgan fingerprint density at radius 1 is 1.43 bits per heavy atom. The lowest BCUT2D eigenvalue weighted by Crippen LogP contribution is -2.20. The topological polar surface area (TPSA) is 114 Å². The molecule has 2 rings (SSSR count). The first-order chi connectivity index (χ1) is 10.8. The number of nitrogens with one attached hydrogen (secondary N) is 1. The van der Waals surface area contributed by atoms with Gasteiger partial charge < -0.3 is 5.32 Å². The maximum atomic E-state index is 12.2. The molecule has 2 aromatic heterocycles. The largest absolute Gasteiger partial charge is 0.315 e. The lowest BCUT2D eigenvalue weighted by Gasteiger charge is -2.05. The van der Waals surface area contributed by atoms with Gasteiger partial charge in [-0.1, -0.05) is 0 Å². The van der Waals surface area contributed by atoms with Crippen molar-refractivity contribution in [1.82, 2.24) is 9.78 Å². The molecule has 0 atom stereocenters. The molecule has 2 aromatic rings. The van der Waals surface area contributed by atoms with Gasteiger partial charge in [-0.25, -0.2) is 0 Å². The fourth-order valence-electron chi connectivity index (χ4n) is 2.26. The quantitative estimate of drug-likeness (QED) is 0.682. The second kappa shape index (κ2) is 6.18. The van der Waals surface area contributed by atoms with Crippen LogP contribution in [-0.4, -0.2) is 20.6 Å². The maximum Gasteiger partial charge on any atom is 0.312 e. The van der Waals surface area contributed by atoms with E-state index >= 15 is 0 Å². The normalized spacial score (nSPS) is 10.4. The Bertz CT molecular complexity index is 844. The molecule has 8 nitrogen and oxygen atoms in total. The van der Waals surface area contributed by atoms with Crippen LogP contribution >= 0.6 is 11.3 Å². The Balaban J connectivity index is 2.22. The van der Waals surface area contributed by atoms with Crippen molar-refractivity contribution >= 4 is 27.9 Å². The van der Waals surface area contributed by atoms with Gasteiger partial charge >= 0.3 is 5.69 Å². The van der Waals surface area contributed by atoms with Crippen molar-refractivity contribution in [1.29, 1.82) is 5.26 Å². The zero-order valence-corrected chi connectivity index (χ0v) is 13.9. The predicted octanol–water partition coefficient (Wildman–Crippen LogP) is 2.60. The summed E-state index contributed by atoms with van der Waals surface area (Å²) in [6.45, 7) is 6.62. The Labute approximate surface area is 136 Å². The Morgan fingerprint density at radius 3 is 2.61 bits per heavy atom. The number of thiophene rings is 1. The van der Waals surface area contributed by atoms with Crippen molar-refractivity contribution in [3.05, 3.63) is 37.5 Å². The van der Waals surface area contributed by atoms with Gasteiger partial charge in [-0.3, -0.25) is 19.6 Å². The fraction of sp³-hybridized carbons (Fsp3) is 0.357. The third-order valence-electron chi connectivity index (χ3n) is 3.57. The van der Waals surface area contributed by atoms with Gasteiger partial charge in [0.2, 0.25) is 5.91 Å². The van der Waals surface area contributed by atoms with Gasteiger partial charge in [0.25, 0.3) is 0 Å². The zero-order chi connectivity index (χ0) is 17.3. The second-order valence-corrected chi connectivity index (χ2v) is 6.31. The van der Waals surface area contributed by atoms with E-state index in [9.17, 15) is 20.2 Å². The summed E-state index contributed by atoms with van der Waals surface area (Å²) in [5, 5.41) is 27.4. The molecule has 1 amide bonds. The predicted molar refractivity (Wildman–Crippen MR) is 85.5 cm³/mol. The molecule has 23 heavy (non-hydrogen) atoms. The summed E-state index contributed by atoms with van der Waals surface area (Å²) < 4.78 is 1.29. The van der Waals surface area contributed by atoms with Crippen molar-refractivity contribution in [3.63, 3.8) is 0 Å². The van der Waals surface area contributed by atoms with E-state index in [1.54, 1.807) is 6.92 Å². The number of rotatable bonds is 4. The number of hydrogen-bond donors (Lipinski definition) is 1. The molecule has 1 N–H and O–H groups in total. The molecule has 0 unspecified atom stereocenters. The molecule has 120 valence electrons. The molecular formula is C14H15N5O3S. The molecule has 0 spiro atoms. The lowest BCUT2D eigenvalue weighted by molar-refractivity contribution is -0.386. The number of aryl methyl sites for hydroxylation is 2. The van der Waals surface area contributed by atoms with Gasteiger partial charge in [-0.05, 0) is 33.3 Å². The van der Waals surface area contributed by atoms with E-state index < -0.39 is 4.92 Å². The first kappa shape index (κ1) is 16.6. The zero-order valence-electron chi connectivity index (χ0n) is 13.1. The van der Waals surface area contributed by atoms with Crippen molar-refractivity contribution in [2.75, 3.05) is 5.32 Å². The number of amides is 1. The summed E-state index contributed by atoms with van der Waals surface area (Å²) >= 11 is 1.33. The molecule has 0 saturated carbocycles. The molecule has 0 aromatic carbocycles. The number of hydrogen-bond acceptors (Lipinski definition) is 6. The highest BCUT2D eigenvalue weighted by Gasteiger charge is 2.23. The van der Waals surface area contributed by atoms with Crippen LogP contribution in [0.2, 0.25) is 0 Å². The average Bonchev–Trinajstić information content (AvgIpc) is 2.87. The van der Waals surface area contributed by atoms with Crippen molar-refractivity contribution < 1.29 is 9.72 Å². The highest BCUT2D eigenvalue weighted by molar-refractivity contribution is 7.16. The van der Waals surface area contributed by atoms with Gasteiger partial charge in [-0.2, -0.15) is 10.4 Å². The van der Waals surface area contributed by atoms with Crippen molar-refractivity contribution in [2.24, 2.45) is 0 Å². The van der Waals surface area contributed by atoms with Crippen LogP contribution in [0.25, 0.3) is 0 Å². The summed E-state index contributed by atoms with van der Waals surface area (Å²) in [4.78, 5) is 23.6. The number of carbonyl (C=O) groups excluding carboxylic acids is 1. The van der Waals surface area contributed by atoms with E-state index in [0.717, 1.165) is 10.4 Å². The summed E-state index contributed by atoms with van der Waals surface area (Å²) in [6.07, 6.45) is 0. The summed E-state index contributed by atoms with van der Waals surface area (Å²) in [5.74, 6) is -0.386. The Morgan fingerprint density at radius 2 is 2.09 bits per heavy atom. The van der Waals surface area contributed by atoms with Crippen LogP contribution in [0, 0.1) is 49.1 Å². The monoisotopic (exact) mass is 333 g/mol. The first-order valence-electron chi connectivity index (χ1n) is 6.74. The second-order valence-electron chi connectivity index (χ2n) is 5.08. The molecule has 0 saturated heterocycles. The van der Waals surface area contributed by atoms with Crippen molar-refractivity contribution in [3.8, 4) is 6.07 Å². The highest BCUT2D eigenvalue weighted by atomic mass is 32.1. The number of nitriles is 1. The summed E-state index contributed by atoms with van der Waals surface area (Å²) in [5.41, 5.74) is 1.79. The van der Waals surface area contributed by atoms with Crippen LogP contribution in [0.1, 0.15) is 27.4 Å². The van der Waals surface area contributed by atoms with Gasteiger partial charge in [-0.15, -0.1) is 11.3 Å². The summed E-state index contributed by atoms with van der Waals surface area (Å²) in [7, 11) is 0.